The Balaban J connectivity index is 3.20. The number of benzene rings is 1. The molecule has 0 atom stereocenters. The molecule has 0 heterocycles. The van der Waals surface area contributed by atoms with Gasteiger partial charge in [0.05, 0.1) is 5.56 Å². The van der Waals surface area contributed by atoms with Gasteiger partial charge in [0, 0.05) is 3.57 Å². The number of hydrogen-bond donors (Lipinski definition) is 0. The van der Waals surface area contributed by atoms with Crippen molar-refractivity contribution < 1.29 is 13.2 Å². The highest BCUT2D eigenvalue weighted by Crippen LogP contribution is 2.32. The molecule has 1 radical (unpaired) electrons. The second-order valence-corrected chi connectivity index (χ2v) is 4.35. The summed E-state index contributed by atoms with van der Waals surface area (Å²) in [4.78, 5) is 0. The predicted octanol–water partition coefficient (Wildman–Crippen LogP) is 4.27. The van der Waals surface area contributed by atoms with Gasteiger partial charge in [-0.25, -0.2) is 0 Å². The Morgan fingerprint density at radius 3 is 2.21 bits per heavy atom. The Kier molecular flexibility index (Phi) is 3.44. The van der Waals surface area contributed by atoms with Crippen molar-refractivity contribution in [2.24, 2.45) is 0 Å². The monoisotopic (exact) mass is 313 g/mol. The maximum atomic E-state index is 12.4. The van der Waals surface area contributed by atoms with E-state index in [1.54, 1.807) is 13.8 Å². The summed E-state index contributed by atoms with van der Waals surface area (Å²) >= 11 is 2.03. The van der Waals surface area contributed by atoms with Crippen LogP contribution < -0.4 is 0 Å². The third kappa shape index (κ3) is 2.62. The van der Waals surface area contributed by atoms with Crippen LogP contribution in [0, 0.1) is 9.49 Å². The van der Waals surface area contributed by atoms with Crippen molar-refractivity contribution in [3.05, 3.63) is 38.8 Å². The molecule has 77 valence electrons. The van der Waals surface area contributed by atoms with E-state index in [0.717, 1.165) is 15.6 Å². The fraction of sp³-hybridized carbons (Fsp3) is 0.300. The van der Waals surface area contributed by atoms with Gasteiger partial charge in [-0.2, -0.15) is 13.2 Å². The average molecular weight is 313 g/mol. The smallest absolute Gasteiger partial charge is 0.166 e. The lowest BCUT2D eigenvalue weighted by Gasteiger charge is -2.12. The van der Waals surface area contributed by atoms with Crippen LogP contribution in [0.5, 0.6) is 0 Å². The van der Waals surface area contributed by atoms with Gasteiger partial charge < -0.3 is 0 Å². The zero-order valence-electron chi connectivity index (χ0n) is 7.74. The van der Waals surface area contributed by atoms with Gasteiger partial charge in [0.15, 0.2) is 0 Å². The number of hydrogen-bond acceptors (Lipinski definition) is 0. The molecule has 0 spiro atoms. The molecule has 0 aliphatic rings. The lowest BCUT2D eigenvalue weighted by molar-refractivity contribution is -0.137. The fourth-order valence-corrected chi connectivity index (χ4v) is 1.96. The van der Waals surface area contributed by atoms with Gasteiger partial charge in [0.1, 0.15) is 0 Å². The van der Waals surface area contributed by atoms with Gasteiger partial charge in [-0.05, 0) is 52.3 Å². The molecule has 0 fully saturated rings. The summed E-state index contributed by atoms with van der Waals surface area (Å²) in [6.07, 6.45) is -4.26. The third-order valence-electron chi connectivity index (χ3n) is 1.83. The molecule has 0 saturated heterocycles. The molecule has 1 rings (SSSR count). The van der Waals surface area contributed by atoms with Crippen molar-refractivity contribution in [1.29, 1.82) is 0 Å². The summed E-state index contributed by atoms with van der Waals surface area (Å²) in [6, 6.07) is 3.79. The Hall–Kier alpha value is -0.260. The van der Waals surface area contributed by atoms with Crippen LogP contribution in [0.3, 0.4) is 0 Å². The van der Waals surface area contributed by atoms with Crippen LogP contribution in [-0.2, 0) is 6.18 Å². The molecule has 4 heteroatoms. The standard InChI is InChI=1S/C10H9F3I/c1-6(2)8-5-7(10(11,12)13)3-4-9(8)14/h3-5H,1-2H3. The van der Waals surface area contributed by atoms with E-state index in [-0.39, 0.29) is 0 Å². The summed E-state index contributed by atoms with van der Waals surface area (Å²) in [7, 11) is 0. The molecule has 0 nitrogen and oxygen atoms in total. The minimum atomic E-state index is -4.26. The van der Waals surface area contributed by atoms with Crippen LogP contribution in [0.25, 0.3) is 0 Å². The van der Waals surface area contributed by atoms with Crippen molar-refractivity contribution in [1.82, 2.24) is 0 Å². The molecule has 0 aliphatic carbocycles. The molecule has 1 aromatic rings. The maximum Gasteiger partial charge on any atom is 0.416 e. The van der Waals surface area contributed by atoms with E-state index in [4.69, 9.17) is 0 Å². The van der Waals surface area contributed by atoms with Crippen molar-refractivity contribution >= 4 is 22.6 Å². The van der Waals surface area contributed by atoms with Gasteiger partial charge in [0.25, 0.3) is 0 Å². The van der Waals surface area contributed by atoms with E-state index in [2.05, 4.69) is 0 Å². The summed E-state index contributed by atoms with van der Waals surface area (Å²) in [5.41, 5.74) is 0.0783. The van der Waals surface area contributed by atoms with Crippen LogP contribution in [0.15, 0.2) is 18.2 Å². The molecule has 0 saturated carbocycles. The molecular weight excluding hydrogens is 304 g/mol. The lowest BCUT2D eigenvalue weighted by atomic mass is 10.0. The lowest BCUT2D eigenvalue weighted by Crippen LogP contribution is -2.06. The topological polar surface area (TPSA) is 0 Å². The molecule has 0 amide bonds. The normalized spacial score (nSPS) is 12.2. The predicted molar refractivity (Wildman–Crippen MR) is 57.9 cm³/mol. The maximum absolute atomic E-state index is 12.4. The zero-order chi connectivity index (χ0) is 10.9. The minimum Gasteiger partial charge on any atom is -0.166 e. The van der Waals surface area contributed by atoms with Gasteiger partial charge in [0.2, 0.25) is 0 Å². The second kappa shape index (κ2) is 4.08. The van der Waals surface area contributed by atoms with Crippen LogP contribution in [0.4, 0.5) is 13.2 Å². The third-order valence-corrected chi connectivity index (χ3v) is 2.77. The van der Waals surface area contributed by atoms with Crippen LogP contribution in [0.1, 0.15) is 25.0 Å². The summed E-state index contributed by atoms with van der Waals surface area (Å²) < 4.78 is 37.9. The Labute approximate surface area is 94.6 Å². The van der Waals surface area contributed by atoms with Crippen molar-refractivity contribution in [3.63, 3.8) is 0 Å². The van der Waals surface area contributed by atoms with E-state index in [9.17, 15) is 13.2 Å². The van der Waals surface area contributed by atoms with Gasteiger partial charge in [-0.15, -0.1) is 0 Å². The Morgan fingerprint density at radius 2 is 1.79 bits per heavy atom. The number of alkyl halides is 3. The van der Waals surface area contributed by atoms with E-state index >= 15 is 0 Å². The summed E-state index contributed by atoms with van der Waals surface area (Å²) in [5, 5.41) is 0. The van der Waals surface area contributed by atoms with E-state index in [0.29, 0.717) is 5.56 Å². The number of halogens is 4. The Bertz CT molecular complexity index is 329. The largest absolute Gasteiger partial charge is 0.416 e. The molecule has 0 unspecified atom stereocenters. The van der Waals surface area contributed by atoms with Crippen molar-refractivity contribution in [2.45, 2.75) is 20.0 Å². The molecule has 0 N–H and O–H groups in total. The summed E-state index contributed by atoms with van der Waals surface area (Å²) in [5.74, 6) is 0.889. The zero-order valence-corrected chi connectivity index (χ0v) is 9.90. The first-order valence-corrected chi connectivity index (χ1v) is 5.07. The summed E-state index contributed by atoms with van der Waals surface area (Å²) in [6.45, 7) is 3.61. The first-order valence-electron chi connectivity index (χ1n) is 3.99. The van der Waals surface area contributed by atoms with Crippen LogP contribution >= 0.6 is 22.6 Å². The van der Waals surface area contributed by atoms with Crippen LogP contribution in [-0.4, -0.2) is 0 Å². The van der Waals surface area contributed by atoms with E-state index in [1.165, 1.54) is 12.1 Å². The van der Waals surface area contributed by atoms with Crippen LogP contribution in [0.2, 0.25) is 0 Å². The molecule has 0 aliphatic heterocycles. The van der Waals surface area contributed by atoms with E-state index in [1.807, 2.05) is 22.6 Å². The second-order valence-electron chi connectivity index (χ2n) is 3.19. The fourth-order valence-electron chi connectivity index (χ4n) is 1.08. The van der Waals surface area contributed by atoms with Gasteiger partial charge >= 0.3 is 6.18 Å². The van der Waals surface area contributed by atoms with Gasteiger partial charge in [-0.3, -0.25) is 0 Å². The van der Waals surface area contributed by atoms with Crippen molar-refractivity contribution in [2.75, 3.05) is 0 Å². The Morgan fingerprint density at radius 1 is 1.21 bits per heavy atom. The minimum absolute atomic E-state index is 0.589. The van der Waals surface area contributed by atoms with Gasteiger partial charge in [-0.1, -0.05) is 13.8 Å². The highest BCUT2D eigenvalue weighted by Gasteiger charge is 2.31. The molecule has 0 bridgehead atoms. The highest BCUT2D eigenvalue weighted by atomic mass is 127. The first-order chi connectivity index (χ1) is 6.32. The van der Waals surface area contributed by atoms with Crippen molar-refractivity contribution in [3.8, 4) is 0 Å². The highest BCUT2D eigenvalue weighted by molar-refractivity contribution is 14.1. The quantitative estimate of drug-likeness (QED) is 0.679. The molecule has 1 aromatic carbocycles. The average Bonchev–Trinajstić information content (AvgIpc) is 2.02. The van der Waals surface area contributed by atoms with E-state index < -0.39 is 11.7 Å². The molecule has 0 aromatic heterocycles. The first kappa shape index (κ1) is 11.8. The SMILES string of the molecule is C[C](C)c1cc(C(F)(F)F)ccc1I. The molecule has 14 heavy (non-hydrogen) atoms. The molecular formula is C10H9F3I. The number of rotatable bonds is 1.